The molecule has 0 saturated carbocycles. The van der Waals surface area contributed by atoms with Gasteiger partial charge < -0.3 is 14.9 Å². The number of phenolic OH excluding ortho intramolecular Hbond substituents is 2. The Bertz CT molecular complexity index is 721. The van der Waals surface area contributed by atoms with Crippen LogP contribution in [0, 0.1) is 0 Å². The van der Waals surface area contributed by atoms with Crippen LogP contribution < -0.4 is 0 Å². The Balaban J connectivity index is 2.10. The molecule has 0 spiro atoms. The lowest BCUT2D eigenvalue weighted by molar-refractivity contribution is 0.0597. The Kier molecular flexibility index (Phi) is 4.87. The molecule has 2 N–H and O–H groups in total. The molecule has 0 heterocycles. The van der Waals surface area contributed by atoms with Crippen molar-refractivity contribution in [3.63, 3.8) is 0 Å². The van der Waals surface area contributed by atoms with Crippen LogP contribution in [0.3, 0.4) is 0 Å². The summed E-state index contributed by atoms with van der Waals surface area (Å²) in [6, 6.07) is 10.9. The molecule has 0 aliphatic heterocycles. The van der Waals surface area contributed by atoms with Crippen molar-refractivity contribution in [2.24, 2.45) is 10.2 Å². The Morgan fingerprint density at radius 1 is 1.00 bits per heavy atom. The maximum absolute atomic E-state index is 11.5. The summed E-state index contributed by atoms with van der Waals surface area (Å²) < 4.78 is 4.57. The van der Waals surface area contributed by atoms with Crippen molar-refractivity contribution >= 4 is 18.4 Å². The minimum Gasteiger partial charge on any atom is -0.508 e. The largest absolute Gasteiger partial charge is 0.508 e. The molecule has 0 unspecified atom stereocenters. The van der Waals surface area contributed by atoms with Crippen molar-refractivity contribution in [2.45, 2.75) is 0 Å². The van der Waals surface area contributed by atoms with Gasteiger partial charge in [-0.25, -0.2) is 4.79 Å². The molecule has 0 bridgehead atoms. The molecule has 2 aromatic carbocycles. The van der Waals surface area contributed by atoms with Crippen LogP contribution in [-0.4, -0.2) is 35.7 Å². The number of esters is 1. The van der Waals surface area contributed by atoms with E-state index in [1.807, 2.05) is 0 Å². The number of nitrogens with zero attached hydrogens (tertiary/aromatic N) is 2. The third kappa shape index (κ3) is 3.92. The lowest BCUT2D eigenvalue weighted by atomic mass is 10.1. The second-order valence-corrected chi connectivity index (χ2v) is 4.35. The van der Waals surface area contributed by atoms with E-state index in [2.05, 4.69) is 14.9 Å². The third-order valence-electron chi connectivity index (χ3n) is 2.80. The van der Waals surface area contributed by atoms with E-state index >= 15 is 0 Å². The monoisotopic (exact) mass is 298 g/mol. The van der Waals surface area contributed by atoms with Crippen LogP contribution in [0.15, 0.2) is 52.7 Å². The highest BCUT2D eigenvalue weighted by Crippen LogP contribution is 2.18. The molecule has 0 amide bonds. The van der Waals surface area contributed by atoms with Gasteiger partial charge in [0.05, 0.1) is 19.5 Å². The predicted molar refractivity (Wildman–Crippen MR) is 82.7 cm³/mol. The van der Waals surface area contributed by atoms with Crippen molar-refractivity contribution in [1.29, 1.82) is 0 Å². The summed E-state index contributed by atoms with van der Waals surface area (Å²) >= 11 is 0. The predicted octanol–water partition coefficient (Wildman–Crippen LogP) is 2.34. The molecular weight excluding hydrogens is 284 g/mol. The summed E-state index contributed by atoms with van der Waals surface area (Å²) in [5.74, 6) is -0.600. The van der Waals surface area contributed by atoms with Gasteiger partial charge in [-0.15, -0.1) is 0 Å². The Morgan fingerprint density at radius 2 is 1.59 bits per heavy atom. The number of methoxy groups -OCH3 is 1. The zero-order chi connectivity index (χ0) is 15.9. The minimum absolute atomic E-state index is 0.0639. The fourth-order valence-electron chi connectivity index (χ4n) is 1.67. The number of rotatable bonds is 4. The number of benzene rings is 2. The van der Waals surface area contributed by atoms with E-state index in [9.17, 15) is 9.90 Å². The maximum Gasteiger partial charge on any atom is 0.341 e. The van der Waals surface area contributed by atoms with Gasteiger partial charge >= 0.3 is 5.97 Å². The molecule has 0 atom stereocenters. The summed E-state index contributed by atoms with van der Waals surface area (Å²) in [6.45, 7) is 0. The minimum atomic E-state index is -0.625. The number of hydrogen-bond acceptors (Lipinski definition) is 6. The smallest absolute Gasteiger partial charge is 0.341 e. The molecule has 6 heteroatoms. The molecule has 0 fully saturated rings. The van der Waals surface area contributed by atoms with E-state index in [1.165, 1.54) is 31.7 Å². The molecule has 112 valence electrons. The average molecular weight is 298 g/mol. The standard InChI is InChI=1S/C16H14N2O4/c1-22-16(21)14-8-12(4-7-15(14)20)10-18-17-9-11-2-5-13(19)6-3-11/h2-10,19-20H,1H3/b17-9+,18-10-. The Morgan fingerprint density at radius 3 is 2.23 bits per heavy atom. The van der Waals surface area contributed by atoms with Gasteiger partial charge in [-0.05, 0) is 53.6 Å². The average Bonchev–Trinajstić information content (AvgIpc) is 2.54. The highest BCUT2D eigenvalue weighted by molar-refractivity contribution is 5.95. The zero-order valence-electron chi connectivity index (χ0n) is 11.8. The van der Waals surface area contributed by atoms with E-state index in [4.69, 9.17) is 5.11 Å². The first-order chi connectivity index (χ1) is 10.6. The second-order valence-electron chi connectivity index (χ2n) is 4.35. The number of hydrogen-bond donors (Lipinski definition) is 2. The summed E-state index contributed by atoms with van der Waals surface area (Å²) in [5.41, 5.74) is 1.45. The second kappa shape index (κ2) is 7.03. The Hall–Kier alpha value is -3.15. The van der Waals surface area contributed by atoms with Gasteiger partial charge in [0, 0.05) is 0 Å². The number of carbonyl (C=O) groups excluding carboxylic acids is 1. The molecule has 2 aromatic rings. The van der Waals surface area contributed by atoms with Crippen molar-refractivity contribution in [3.8, 4) is 11.5 Å². The van der Waals surface area contributed by atoms with E-state index in [0.29, 0.717) is 5.56 Å². The van der Waals surface area contributed by atoms with Gasteiger partial charge in [0.2, 0.25) is 0 Å². The summed E-state index contributed by atoms with van der Waals surface area (Å²) in [6.07, 6.45) is 2.97. The maximum atomic E-state index is 11.5. The van der Waals surface area contributed by atoms with Crippen molar-refractivity contribution in [2.75, 3.05) is 7.11 Å². The van der Waals surface area contributed by atoms with Crippen LogP contribution in [-0.2, 0) is 4.74 Å². The first kappa shape index (κ1) is 15.2. The SMILES string of the molecule is COC(=O)c1cc(/C=N\N=C\c2ccc(O)cc2)ccc1O. The number of phenols is 2. The van der Waals surface area contributed by atoms with Crippen LogP contribution in [0.25, 0.3) is 0 Å². The molecule has 22 heavy (non-hydrogen) atoms. The van der Waals surface area contributed by atoms with Crippen LogP contribution in [0.4, 0.5) is 0 Å². The zero-order valence-corrected chi connectivity index (χ0v) is 11.8. The van der Waals surface area contributed by atoms with E-state index in [1.54, 1.807) is 30.3 Å². The van der Waals surface area contributed by atoms with Crippen LogP contribution in [0.2, 0.25) is 0 Å². The summed E-state index contributed by atoms with van der Waals surface area (Å²) in [7, 11) is 1.24. The first-order valence-corrected chi connectivity index (χ1v) is 6.37. The normalized spacial score (nSPS) is 11.1. The number of ether oxygens (including phenoxy) is 1. The fourth-order valence-corrected chi connectivity index (χ4v) is 1.67. The molecule has 0 radical (unpaired) electrons. The highest BCUT2D eigenvalue weighted by Gasteiger charge is 2.11. The van der Waals surface area contributed by atoms with E-state index in [0.717, 1.165) is 5.56 Å². The molecule has 0 aromatic heterocycles. The van der Waals surface area contributed by atoms with Gasteiger partial charge in [0.25, 0.3) is 0 Å². The van der Waals surface area contributed by atoms with E-state index in [-0.39, 0.29) is 17.1 Å². The topological polar surface area (TPSA) is 91.5 Å². The fraction of sp³-hybridized carbons (Fsp3) is 0.0625. The lowest BCUT2D eigenvalue weighted by Gasteiger charge is -2.02. The quantitative estimate of drug-likeness (QED) is 0.515. The lowest BCUT2D eigenvalue weighted by Crippen LogP contribution is -2.02. The summed E-state index contributed by atoms with van der Waals surface area (Å²) in [5, 5.41) is 26.5. The van der Waals surface area contributed by atoms with Crippen molar-refractivity contribution in [1.82, 2.24) is 0 Å². The molecule has 2 rings (SSSR count). The highest BCUT2D eigenvalue weighted by atomic mass is 16.5. The third-order valence-corrected chi connectivity index (χ3v) is 2.80. The van der Waals surface area contributed by atoms with Gasteiger partial charge in [-0.1, -0.05) is 0 Å². The molecular formula is C16H14N2O4. The first-order valence-electron chi connectivity index (χ1n) is 6.37. The van der Waals surface area contributed by atoms with Crippen molar-refractivity contribution < 1.29 is 19.7 Å². The number of carbonyl (C=O) groups is 1. The molecule has 6 nitrogen and oxygen atoms in total. The van der Waals surface area contributed by atoms with E-state index < -0.39 is 5.97 Å². The molecule has 0 saturated heterocycles. The van der Waals surface area contributed by atoms with Crippen LogP contribution >= 0.6 is 0 Å². The Labute approximate surface area is 127 Å². The van der Waals surface area contributed by atoms with Crippen LogP contribution in [0.1, 0.15) is 21.5 Å². The molecule has 0 aliphatic carbocycles. The number of aromatic hydroxyl groups is 2. The molecule has 0 aliphatic rings. The van der Waals surface area contributed by atoms with Crippen LogP contribution in [0.5, 0.6) is 11.5 Å². The van der Waals surface area contributed by atoms with Crippen molar-refractivity contribution in [3.05, 3.63) is 59.2 Å². The van der Waals surface area contributed by atoms with Gasteiger partial charge in [0.1, 0.15) is 17.1 Å². The summed E-state index contributed by atoms with van der Waals surface area (Å²) in [4.78, 5) is 11.5. The van der Waals surface area contributed by atoms with Gasteiger partial charge in [-0.2, -0.15) is 10.2 Å². The van der Waals surface area contributed by atoms with Gasteiger partial charge in [-0.3, -0.25) is 0 Å². The van der Waals surface area contributed by atoms with Gasteiger partial charge in [0.15, 0.2) is 0 Å².